The van der Waals surface area contributed by atoms with Crippen molar-refractivity contribution in [2.24, 2.45) is 0 Å². The van der Waals surface area contributed by atoms with Crippen LogP contribution >= 0.6 is 0 Å². The van der Waals surface area contributed by atoms with Gasteiger partial charge in [0.15, 0.2) is 11.8 Å². The highest BCUT2D eigenvalue weighted by molar-refractivity contribution is 5.52. The van der Waals surface area contributed by atoms with Crippen molar-refractivity contribution in [3.63, 3.8) is 0 Å². The van der Waals surface area contributed by atoms with Gasteiger partial charge in [-0.15, -0.1) is 0 Å². The van der Waals surface area contributed by atoms with E-state index in [0.717, 1.165) is 29.5 Å². The molecule has 2 aliphatic rings. The fourth-order valence-electron chi connectivity index (χ4n) is 3.43. The largest absolute Gasteiger partial charge is 0.494 e. The van der Waals surface area contributed by atoms with E-state index < -0.39 is 0 Å². The normalized spacial score (nSPS) is 22.7. The second-order valence-corrected chi connectivity index (χ2v) is 5.69. The Morgan fingerprint density at radius 1 is 1.05 bits per heavy atom. The van der Waals surface area contributed by atoms with Crippen LogP contribution in [0.4, 0.5) is 4.39 Å². The van der Waals surface area contributed by atoms with E-state index in [1.165, 1.54) is 16.7 Å². The SMILES string of the molecule is Oc1c2c(c(O)n1CCc1ccc(F)cc1)C1CCC2O1. The number of rotatable bonds is 3. The van der Waals surface area contributed by atoms with Gasteiger partial charge in [0.05, 0.1) is 23.3 Å². The van der Waals surface area contributed by atoms with E-state index in [1.807, 2.05) is 0 Å². The summed E-state index contributed by atoms with van der Waals surface area (Å²) >= 11 is 0. The van der Waals surface area contributed by atoms with Crippen molar-refractivity contribution in [1.29, 1.82) is 0 Å². The summed E-state index contributed by atoms with van der Waals surface area (Å²) in [5, 5.41) is 20.7. The monoisotopic (exact) mass is 289 g/mol. The van der Waals surface area contributed by atoms with Gasteiger partial charge in [-0.1, -0.05) is 12.1 Å². The van der Waals surface area contributed by atoms with Gasteiger partial charge in [0.1, 0.15) is 5.82 Å². The van der Waals surface area contributed by atoms with E-state index >= 15 is 0 Å². The third-order valence-electron chi connectivity index (χ3n) is 4.48. The molecule has 1 fully saturated rings. The molecule has 1 aromatic heterocycles. The van der Waals surface area contributed by atoms with Gasteiger partial charge in [-0.3, -0.25) is 4.57 Å². The Bertz CT molecular complexity index is 659. The summed E-state index contributed by atoms with van der Waals surface area (Å²) in [7, 11) is 0. The quantitative estimate of drug-likeness (QED) is 0.912. The average molecular weight is 289 g/mol. The molecule has 0 radical (unpaired) electrons. The minimum absolute atomic E-state index is 0.0806. The van der Waals surface area contributed by atoms with Crippen LogP contribution in [-0.4, -0.2) is 14.8 Å². The lowest BCUT2D eigenvalue weighted by atomic mass is 9.95. The minimum atomic E-state index is -0.266. The number of aryl methyl sites for hydroxylation is 1. The number of hydrogen-bond acceptors (Lipinski definition) is 3. The molecule has 2 atom stereocenters. The first kappa shape index (κ1) is 12.7. The van der Waals surface area contributed by atoms with E-state index in [-0.39, 0.29) is 29.8 Å². The van der Waals surface area contributed by atoms with Gasteiger partial charge in [0.2, 0.25) is 0 Å². The summed E-state index contributed by atoms with van der Waals surface area (Å²) in [6.45, 7) is 0.454. The van der Waals surface area contributed by atoms with Crippen molar-refractivity contribution in [2.75, 3.05) is 0 Å². The van der Waals surface area contributed by atoms with E-state index in [9.17, 15) is 14.6 Å². The van der Waals surface area contributed by atoms with Gasteiger partial charge in [0.25, 0.3) is 0 Å². The van der Waals surface area contributed by atoms with E-state index in [4.69, 9.17) is 4.74 Å². The average Bonchev–Trinajstić information content (AvgIpc) is 3.14. The second-order valence-electron chi connectivity index (χ2n) is 5.69. The number of halogens is 1. The number of aromatic hydroxyl groups is 2. The van der Waals surface area contributed by atoms with Crippen LogP contribution in [0, 0.1) is 5.82 Å². The molecule has 0 aliphatic carbocycles. The topological polar surface area (TPSA) is 54.6 Å². The minimum Gasteiger partial charge on any atom is -0.494 e. The molecule has 4 nitrogen and oxygen atoms in total. The number of benzene rings is 1. The van der Waals surface area contributed by atoms with Crippen molar-refractivity contribution in [2.45, 2.75) is 38.0 Å². The van der Waals surface area contributed by atoms with Crippen LogP contribution in [-0.2, 0) is 17.7 Å². The van der Waals surface area contributed by atoms with Crippen LogP contribution in [0.25, 0.3) is 0 Å². The maximum absolute atomic E-state index is 12.9. The number of aromatic nitrogens is 1. The number of fused-ring (bicyclic) bond motifs is 5. The number of nitrogens with zero attached hydrogens (tertiary/aromatic N) is 1. The maximum Gasteiger partial charge on any atom is 0.200 e. The fourth-order valence-corrected chi connectivity index (χ4v) is 3.43. The molecule has 1 saturated heterocycles. The smallest absolute Gasteiger partial charge is 0.200 e. The zero-order chi connectivity index (χ0) is 14.6. The predicted molar refractivity (Wildman–Crippen MR) is 73.7 cm³/mol. The Morgan fingerprint density at radius 3 is 2.19 bits per heavy atom. The standard InChI is InChI=1S/C16H16FNO3/c17-10-3-1-9(2-4-10)7-8-18-15(19)13-11-5-6-12(21-11)14(13)16(18)20/h1-4,11-12,19-20H,5-8H2. The molecular weight excluding hydrogens is 273 g/mol. The molecule has 5 heteroatoms. The zero-order valence-corrected chi connectivity index (χ0v) is 11.4. The Morgan fingerprint density at radius 2 is 1.62 bits per heavy atom. The fraction of sp³-hybridized carbons (Fsp3) is 0.375. The summed E-state index contributed by atoms with van der Waals surface area (Å²) < 4.78 is 20.1. The molecule has 110 valence electrons. The van der Waals surface area contributed by atoms with Crippen LogP contribution in [0.2, 0.25) is 0 Å². The zero-order valence-electron chi connectivity index (χ0n) is 11.4. The summed E-state index contributed by atoms with van der Waals surface area (Å²) in [5.41, 5.74) is 2.47. The third kappa shape index (κ3) is 1.84. The first-order valence-electron chi connectivity index (χ1n) is 7.19. The molecule has 4 rings (SSSR count). The molecule has 2 aliphatic heterocycles. The number of hydrogen-bond donors (Lipinski definition) is 2. The van der Waals surface area contributed by atoms with Gasteiger partial charge >= 0.3 is 0 Å². The molecule has 3 heterocycles. The molecule has 2 unspecified atom stereocenters. The van der Waals surface area contributed by atoms with Gasteiger partial charge in [0, 0.05) is 6.54 Å². The van der Waals surface area contributed by atoms with Crippen LogP contribution < -0.4 is 0 Å². The van der Waals surface area contributed by atoms with Crippen molar-refractivity contribution >= 4 is 0 Å². The second kappa shape index (κ2) is 4.49. The van der Waals surface area contributed by atoms with Crippen LogP contribution in [0.15, 0.2) is 24.3 Å². The van der Waals surface area contributed by atoms with Gasteiger partial charge < -0.3 is 14.9 Å². The van der Waals surface area contributed by atoms with E-state index in [2.05, 4.69) is 0 Å². The summed E-state index contributed by atoms with van der Waals surface area (Å²) in [6, 6.07) is 6.26. The van der Waals surface area contributed by atoms with Gasteiger partial charge in [-0.05, 0) is 37.0 Å². The molecule has 21 heavy (non-hydrogen) atoms. The lowest BCUT2D eigenvalue weighted by molar-refractivity contribution is 0.0678. The first-order chi connectivity index (χ1) is 10.1. The van der Waals surface area contributed by atoms with Crippen molar-refractivity contribution < 1.29 is 19.3 Å². The highest BCUT2D eigenvalue weighted by Crippen LogP contribution is 2.57. The van der Waals surface area contributed by atoms with Crippen LogP contribution in [0.1, 0.15) is 41.7 Å². The molecular formula is C16H16FNO3. The molecule has 2 aromatic rings. The Hall–Kier alpha value is -2.01. The molecule has 2 N–H and O–H groups in total. The summed E-state index contributed by atoms with van der Waals surface area (Å²) in [6.07, 6.45) is 2.25. The van der Waals surface area contributed by atoms with Crippen molar-refractivity contribution in [1.82, 2.24) is 4.57 Å². The molecule has 0 amide bonds. The Kier molecular flexibility index (Phi) is 2.72. The van der Waals surface area contributed by atoms with Gasteiger partial charge in [-0.2, -0.15) is 0 Å². The lowest BCUT2D eigenvalue weighted by Gasteiger charge is -2.10. The molecule has 0 spiro atoms. The first-order valence-corrected chi connectivity index (χ1v) is 7.19. The van der Waals surface area contributed by atoms with E-state index in [1.54, 1.807) is 12.1 Å². The third-order valence-corrected chi connectivity index (χ3v) is 4.48. The van der Waals surface area contributed by atoms with Crippen molar-refractivity contribution in [3.05, 3.63) is 46.8 Å². The van der Waals surface area contributed by atoms with E-state index in [0.29, 0.717) is 13.0 Å². The number of ether oxygens (including phenoxy) is 1. The molecule has 1 aromatic carbocycles. The Balaban J connectivity index is 1.60. The highest BCUT2D eigenvalue weighted by atomic mass is 19.1. The summed E-state index contributed by atoms with van der Waals surface area (Å²) in [4.78, 5) is 0. The van der Waals surface area contributed by atoms with Crippen LogP contribution in [0.3, 0.4) is 0 Å². The molecule has 2 bridgehead atoms. The Labute approximate surface area is 121 Å². The van der Waals surface area contributed by atoms with Crippen molar-refractivity contribution in [3.8, 4) is 11.8 Å². The van der Waals surface area contributed by atoms with Gasteiger partial charge in [-0.25, -0.2) is 4.39 Å². The maximum atomic E-state index is 12.9. The lowest BCUT2D eigenvalue weighted by Crippen LogP contribution is -2.02. The summed E-state index contributed by atoms with van der Waals surface area (Å²) in [5.74, 6) is -0.0493. The predicted octanol–water partition coefficient (Wildman–Crippen LogP) is 3.19. The highest BCUT2D eigenvalue weighted by Gasteiger charge is 2.45. The molecule has 0 saturated carbocycles. The van der Waals surface area contributed by atoms with Crippen LogP contribution in [0.5, 0.6) is 11.8 Å².